The highest BCUT2D eigenvalue weighted by Crippen LogP contribution is 2.23. The Hall–Kier alpha value is -3.14. The van der Waals surface area contributed by atoms with Gasteiger partial charge in [0.15, 0.2) is 0 Å². The molecule has 0 atom stereocenters. The lowest BCUT2D eigenvalue weighted by atomic mass is 10.1. The van der Waals surface area contributed by atoms with E-state index in [0.29, 0.717) is 0 Å². The molecule has 4 N–H and O–H groups in total. The average Bonchev–Trinajstić information content (AvgIpc) is 2.42. The summed E-state index contributed by atoms with van der Waals surface area (Å²) >= 11 is 0. The number of nitrogens with one attached hydrogen (secondary N) is 1. The van der Waals surface area contributed by atoms with E-state index in [1.807, 2.05) is 6.07 Å². The van der Waals surface area contributed by atoms with Gasteiger partial charge in [0.2, 0.25) is 0 Å². The highest BCUT2D eigenvalue weighted by atomic mass is 19.1. The molecule has 0 amide bonds. The second kappa shape index (κ2) is 5.24. The number of nitrogens with zero attached hydrogens (tertiary/aromatic N) is 2. The number of rotatable bonds is 3. The first-order valence-electron chi connectivity index (χ1n) is 5.46. The molecular formula is C13H9FN4O2. The fraction of sp³-hybridized carbons (Fsp3) is 0. The van der Waals surface area contributed by atoms with E-state index < -0.39 is 11.8 Å². The molecule has 1 heterocycles. The Balaban J connectivity index is 2.45. The lowest BCUT2D eigenvalue weighted by molar-refractivity contribution is 0.0697. The molecule has 0 saturated heterocycles. The van der Waals surface area contributed by atoms with Crippen LogP contribution in [0.5, 0.6) is 0 Å². The van der Waals surface area contributed by atoms with E-state index in [1.54, 1.807) is 0 Å². The Kier molecular flexibility index (Phi) is 3.48. The first kappa shape index (κ1) is 13.3. The average molecular weight is 272 g/mol. The van der Waals surface area contributed by atoms with Crippen LogP contribution >= 0.6 is 0 Å². The number of hydrogen-bond acceptors (Lipinski definition) is 5. The van der Waals surface area contributed by atoms with Gasteiger partial charge < -0.3 is 16.2 Å². The van der Waals surface area contributed by atoms with E-state index in [4.69, 9.17) is 16.1 Å². The second-order valence-electron chi connectivity index (χ2n) is 3.90. The van der Waals surface area contributed by atoms with Crippen molar-refractivity contribution in [1.82, 2.24) is 4.98 Å². The monoisotopic (exact) mass is 272 g/mol. The number of carbonyl (C=O) groups is 1. The summed E-state index contributed by atoms with van der Waals surface area (Å²) in [6.07, 6.45) is 1.28. The molecule has 6 nitrogen and oxygen atoms in total. The number of anilines is 3. The zero-order valence-corrected chi connectivity index (χ0v) is 10.1. The van der Waals surface area contributed by atoms with Crippen molar-refractivity contribution >= 4 is 23.2 Å². The molecule has 0 unspecified atom stereocenters. The quantitative estimate of drug-likeness (QED) is 0.788. The fourth-order valence-electron chi connectivity index (χ4n) is 1.59. The molecule has 0 aliphatic rings. The number of pyridine rings is 1. The van der Waals surface area contributed by atoms with Crippen molar-refractivity contribution in [2.45, 2.75) is 0 Å². The largest absolute Gasteiger partial charge is 0.478 e. The predicted molar refractivity (Wildman–Crippen MR) is 70.0 cm³/mol. The summed E-state index contributed by atoms with van der Waals surface area (Å²) in [6.45, 7) is 0. The third-order valence-corrected chi connectivity index (χ3v) is 2.49. The lowest BCUT2D eigenvalue weighted by Gasteiger charge is -2.10. The summed E-state index contributed by atoms with van der Waals surface area (Å²) in [5, 5.41) is 20.7. The van der Waals surface area contributed by atoms with E-state index in [9.17, 15) is 9.18 Å². The van der Waals surface area contributed by atoms with Gasteiger partial charge in [-0.15, -0.1) is 0 Å². The SMILES string of the molecule is N#Cc1cc(F)ccc1Nc1ncc(N)cc1C(=O)O. The van der Waals surface area contributed by atoms with Gasteiger partial charge in [0.05, 0.1) is 23.1 Å². The molecule has 1 aromatic heterocycles. The van der Waals surface area contributed by atoms with Gasteiger partial charge in [-0.25, -0.2) is 14.2 Å². The molecule has 1 aromatic carbocycles. The van der Waals surface area contributed by atoms with Crippen molar-refractivity contribution in [2.24, 2.45) is 0 Å². The van der Waals surface area contributed by atoms with Crippen molar-refractivity contribution in [2.75, 3.05) is 11.1 Å². The Morgan fingerprint density at radius 3 is 2.85 bits per heavy atom. The summed E-state index contributed by atoms with van der Waals surface area (Å²) in [4.78, 5) is 15.0. The van der Waals surface area contributed by atoms with Crippen molar-refractivity contribution in [1.29, 1.82) is 5.26 Å². The molecule has 0 aliphatic heterocycles. The standard InChI is InChI=1S/C13H9FN4O2/c14-8-1-2-11(7(3-8)5-15)18-12-10(13(19)20)4-9(16)6-17-12/h1-4,6H,16H2,(H,17,18)(H,19,20). The van der Waals surface area contributed by atoms with Crippen LogP contribution in [0.25, 0.3) is 0 Å². The number of nitriles is 1. The molecule has 0 bridgehead atoms. The first-order valence-corrected chi connectivity index (χ1v) is 5.46. The number of nitrogens with two attached hydrogens (primary N) is 1. The number of benzene rings is 1. The van der Waals surface area contributed by atoms with Gasteiger partial charge in [0, 0.05) is 0 Å². The first-order chi connectivity index (χ1) is 9.51. The molecule has 0 aliphatic carbocycles. The normalized spacial score (nSPS) is 9.80. The molecule has 0 radical (unpaired) electrons. The highest BCUT2D eigenvalue weighted by molar-refractivity contribution is 5.95. The number of aromatic nitrogens is 1. The van der Waals surface area contributed by atoms with Crippen LogP contribution in [0.2, 0.25) is 0 Å². The minimum Gasteiger partial charge on any atom is -0.478 e. The van der Waals surface area contributed by atoms with Crippen LogP contribution in [0.1, 0.15) is 15.9 Å². The molecule has 0 saturated carbocycles. The van der Waals surface area contributed by atoms with E-state index in [-0.39, 0.29) is 28.3 Å². The van der Waals surface area contributed by atoms with Crippen LogP contribution in [-0.4, -0.2) is 16.1 Å². The molecule has 20 heavy (non-hydrogen) atoms. The smallest absolute Gasteiger partial charge is 0.339 e. The van der Waals surface area contributed by atoms with Crippen LogP contribution in [0.3, 0.4) is 0 Å². The molecule has 100 valence electrons. The van der Waals surface area contributed by atoms with Crippen molar-refractivity contribution in [3.8, 4) is 6.07 Å². The van der Waals surface area contributed by atoms with Crippen LogP contribution in [0.15, 0.2) is 30.5 Å². The number of hydrogen-bond donors (Lipinski definition) is 3. The lowest BCUT2D eigenvalue weighted by Crippen LogP contribution is -2.07. The summed E-state index contributed by atoms with van der Waals surface area (Å²) in [5.74, 6) is -1.75. The van der Waals surface area contributed by atoms with Gasteiger partial charge in [-0.1, -0.05) is 0 Å². The molecular weight excluding hydrogens is 263 g/mol. The van der Waals surface area contributed by atoms with Gasteiger partial charge in [-0.3, -0.25) is 0 Å². The Morgan fingerprint density at radius 1 is 1.45 bits per heavy atom. The van der Waals surface area contributed by atoms with Crippen LogP contribution in [-0.2, 0) is 0 Å². The molecule has 7 heteroatoms. The van der Waals surface area contributed by atoms with E-state index in [0.717, 1.165) is 12.1 Å². The van der Waals surface area contributed by atoms with E-state index in [2.05, 4.69) is 10.3 Å². The highest BCUT2D eigenvalue weighted by Gasteiger charge is 2.14. The summed E-state index contributed by atoms with van der Waals surface area (Å²) in [5.41, 5.74) is 5.84. The summed E-state index contributed by atoms with van der Waals surface area (Å²) < 4.78 is 13.0. The third kappa shape index (κ3) is 2.64. The maximum atomic E-state index is 13.0. The predicted octanol–water partition coefficient (Wildman–Crippen LogP) is 2.12. The Labute approximate surface area is 113 Å². The van der Waals surface area contributed by atoms with Crippen molar-refractivity contribution in [3.63, 3.8) is 0 Å². The van der Waals surface area contributed by atoms with Crippen LogP contribution in [0.4, 0.5) is 21.6 Å². The zero-order valence-electron chi connectivity index (χ0n) is 10.1. The number of carboxylic acids is 1. The topological polar surface area (TPSA) is 112 Å². The minimum absolute atomic E-state index is 0.0230. The van der Waals surface area contributed by atoms with Gasteiger partial charge in [0.25, 0.3) is 0 Å². The summed E-state index contributed by atoms with van der Waals surface area (Å²) in [6, 6.07) is 6.58. The Morgan fingerprint density at radius 2 is 2.20 bits per heavy atom. The molecule has 0 spiro atoms. The fourth-order valence-corrected chi connectivity index (χ4v) is 1.59. The van der Waals surface area contributed by atoms with Gasteiger partial charge in [-0.2, -0.15) is 5.26 Å². The Bertz CT molecular complexity index is 725. The second-order valence-corrected chi connectivity index (χ2v) is 3.90. The molecule has 2 rings (SSSR count). The van der Waals surface area contributed by atoms with Crippen molar-refractivity contribution < 1.29 is 14.3 Å². The van der Waals surface area contributed by atoms with Crippen molar-refractivity contribution in [3.05, 3.63) is 47.4 Å². The van der Waals surface area contributed by atoms with E-state index >= 15 is 0 Å². The van der Waals surface area contributed by atoms with Crippen LogP contribution < -0.4 is 11.1 Å². The molecule has 0 fully saturated rings. The third-order valence-electron chi connectivity index (χ3n) is 2.49. The van der Waals surface area contributed by atoms with Gasteiger partial charge in [0.1, 0.15) is 23.3 Å². The molecule has 2 aromatic rings. The number of carboxylic acid groups (broad SMARTS) is 1. The number of aromatic carboxylic acids is 1. The van der Waals surface area contributed by atoms with Gasteiger partial charge >= 0.3 is 5.97 Å². The number of nitrogen functional groups attached to an aromatic ring is 1. The van der Waals surface area contributed by atoms with Crippen LogP contribution in [0, 0.1) is 17.1 Å². The summed E-state index contributed by atoms with van der Waals surface area (Å²) in [7, 11) is 0. The zero-order chi connectivity index (χ0) is 14.7. The van der Waals surface area contributed by atoms with Gasteiger partial charge in [-0.05, 0) is 24.3 Å². The minimum atomic E-state index is -1.21. The maximum Gasteiger partial charge on any atom is 0.339 e. The van der Waals surface area contributed by atoms with E-state index in [1.165, 1.54) is 18.3 Å². The maximum absolute atomic E-state index is 13.0. The number of halogens is 1.